The lowest BCUT2D eigenvalue weighted by Crippen LogP contribution is -2.28. The van der Waals surface area contributed by atoms with Crippen LogP contribution in [0.3, 0.4) is 0 Å². The number of ether oxygens (including phenoxy) is 2. The molecule has 0 fully saturated rings. The molecule has 0 atom stereocenters. The fourth-order valence-electron chi connectivity index (χ4n) is 2.66. The van der Waals surface area contributed by atoms with Crippen LogP contribution < -0.4 is 15.4 Å². The summed E-state index contributed by atoms with van der Waals surface area (Å²) >= 11 is 11.6. The molecule has 32 heavy (non-hydrogen) atoms. The normalized spacial score (nSPS) is 10.3. The molecule has 0 aliphatic rings. The molecule has 0 radical (unpaired) electrons. The SMILES string of the molecule is O=C(COc1ccc(Cl)cc1)NCc1ccc(CNC(=O)OCc2ccc(Cl)cc2)cc1. The number of benzene rings is 3. The lowest BCUT2D eigenvalue weighted by Gasteiger charge is -2.09. The molecule has 6 nitrogen and oxygen atoms in total. The molecule has 0 unspecified atom stereocenters. The van der Waals surface area contributed by atoms with Crippen molar-refractivity contribution in [2.45, 2.75) is 19.7 Å². The molecule has 0 saturated heterocycles. The standard InChI is InChI=1S/C24H22Cl2N2O4/c25-20-7-5-19(6-8-20)15-32-24(30)28-14-18-3-1-17(2-4-18)13-27-23(29)16-31-22-11-9-21(26)10-12-22/h1-12H,13-16H2,(H,27,29)(H,28,30). The summed E-state index contributed by atoms with van der Waals surface area (Å²) in [7, 11) is 0. The van der Waals surface area contributed by atoms with E-state index in [1.807, 2.05) is 24.3 Å². The van der Waals surface area contributed by atoms with E-state index in [-0.39, 0.29) is 19.1 Å². The summed E-state index contributed by atoms with van der Waals surface area (Å²) in [5, 5.41) is 6.74. The van der Waals surface area contributed by atoms with Gasteiger partial charge in [-0.2, -0.15) is 0 Å². The molecule has 3 rings (SSSR count). The summed E-state index contributed by atoms with van der Waals surface area (Å²) in [6.45, 7) is 0.797. The predicted molar refractivity (Wildman–Crippen MR) is 124 cm³/mol. The summed E-state index contributed by atoms with van der Waals surface area (Å²) in [6.07, 6.45) is -0.503. The molecule has 0 saturated carbocycles. The molecule has 0 bridgehead atoms. The van der Waals surface area contributed by atoms with Crippen LogP contribution in [0.2, 0.25) is 10.0 Å². The Labute approximate surface area is 196 Å². The largest absolute Gasteiger partial charge is 0.484 e. The molecule has 2 N–H and O–H groups in total. The minimum Gasteiger partial charge on any atom is -0.484 e. The zero-order valence-corrected chi connectivity index (χ0v) is 18.7. The number of carbonyl (C=O) groups excluding carboxylic acids is 2. The first kappa shape index (κ1) is 23.4. The van der Waals surface area contributed by atoms with Gasteiger partial charge in [0.25, 0.3) is 5.91 Å². The van der Waals surface area contributed by atoms with Crippen molar-refractivity contribution in [3.63, 3.8) is 0 Å². The minimum atomic E-state index is -0.503. The number of hydrogen-bond donors (Lipinski definition) is 2. The maximum Gasteiger partial charge on any atom is 0.407 e. The second kappa shape index (κ2) is 12.0. The number of rotatable bonds is 9. The van der Waals surface area contributed by atoms with Gasteiger partial charge in [-0.1, -0.05) is 59.6 Å². The summed E-state index contributed by atoms with van der Waals surface area (Å²) in [4.78, 5) is 23.8. The number of hydrogen-bond acceptors (Lipinski definition) is 4. The Morgan fingerprint density at radius 3 is 1.78 bits per heavy atom. The van der Waals surface area contributed by atoms with Crippen molar-refractivity contribution in [3.05, 3.63) is 99.5 Å². The Bertz CT molecular complexity index is 939. The smallest absolute Gasteiger partial charge is 0.407 e. The molecule has 0 spiro atoms. The van der Waals surface area contributed by atoms with Gasteiger partial charge >= 0.3 is 6.09 Å². The fourth-order valence-corrected chi connectivity index (χ4v) is 2.91. The van der Waals surface area contributed by atoms with E-state index in [0.717, 1.165) is 16.7 Å². The second-order valence-corrected chi connectivity index (χ2v) is 7.76. The Balaban J connectivity index is 1.34. The van der Waals surface area contributed by atoms with Gasteiger partial charge in [0.1, 0.15) is 12.4 Å². The molecule has 0 aliphatic heterocycles. The van der Waals surface area contributed by atoms with Crippen LogP contribution in [0.15, 0.2) is 72.8 Å². The van der Waals surface area contributed by atoms with Crippen molar-refractivity contribution in [1.29, 1.82) is 0 Å². The zero-order chi connectivity index (χ0) is 22.8. The van der Waals surface area contributed by atoms with Gasteiger partial charge in [-0.15, -0.1) is 0 Å². The average Bonchev–Trinajstić information content (AvgIpc) is 2.81. The summed E-state index contributed by atoms with van der Waals surface area (Å²) in [6, 6.07) is 21.4. The molecule has 166 valence electrons. The summed E-state index contributed by atoms with van der Waals surface area (Å²) < 4.78 is 10.6. The molecule has 3 aromatic carbocycles. The van der Waals surface area contributed by atoms with Gasteiger partial charge in [0.05, 0.1) is 0 Å². The first-order valence-electron chi connectivity index (χ1n) is 9.86. The quantitative estimate of drug-likeness (QED) is 0.453. The van der Waals surface area contributed by atoms with Gasteiger partial charge in [0.2, 0.25) is 0 Å². The van der Waals surface area contributed by atoms with Gasteiger partial charge in [0.15, 0.2) is 6.61 Å². The van der Waals surface area contributed by atoms with Crippen molar-refractivity contribution in [3.8, 4) is 5.75 Å². The van der Waals surface area contributed by atoms with E-state index < -0.39 is 6.09 Å². The van der Waals surface area contributed by atoms with Crippen LogP contribution in [0.4, 0.5) is 4.79 Å². The third-order valence-electron chi connectivity index (χ3n) is 4.42. The van der Waals surface area contributed by atoms with Gasteiger partial charge in [-0.25, -0.2) is 4.79 Å². The van der Waals surface area contributed by atoms with Crippen LogP contribution in [0.5, 0.6) is 5.75 Å². The topological polar surface area (TPSA) is 76.7 Å². The maximum absolute atomic E-state index is 12.0. The van der Waals surface area contributed by atoms with Crippen molar-refractivity contribution >= 4 is 35.2 Å². The van der Waals surface area contributed by atoms with Crippen LogP contribution >= 0.6 is 23.2 Å². The van der Waals surface area contributed by atoms with Gasteiger partial charge < -0.3 is 20.1 Å². The molecule has 3 aromatic rings. The van der Waals surface area contributed by atoms with Crippen molar-refractivity contribution in [1.82, 2.24) is 10.6 Å². The molecule has 0 heterocycles. The first-order valence-corrected chi connectivity index (χ1v) is 10.6. The molecule has 0 aromatic heterocycles. The number of halogens is 2. The van der Waals surface area contributed by atoms with Crippen molar-refractivity contribution < 1.29 is 19.1 Å². The Morgan fingerprint density at radius 2 is 1.19 bits per heavy atom. The zero-order valence-electron chi connectivity index (χ0n) is 17.1. The van der Waals surface area contributed by atoms with E-state index in [0.29, 0.717) is 28.9 Å². The Morgan fingerprint density at radius 1 is 0.688 bits per heavy atom. The number of nitrogens with one attached hydrogen (secondary N) is 2. The van der Waals surface area contributed by atoms with Crippen LogP contribution in [0, 0.1) is 0 Å². The highest BCUT2D eigenvalue weighted by atomic mass is 35.5. The van der Waals surface area contributed by atoms with E-state index in [9.17, 15) is 9.59 Å². The minimum absolute atomic E-state index is 0.0816. The Kier molecular flexibility index (Phi) is 8.78. The van der Waals surface area contributed by atoms with E-state index in [2.05, 4.69) is 10.6 Å². The number of alkyl carbamates (subject to hydrolysis) is 1. The number of carbonyl (C=O) groups is 2. The number of amides is 2. The molecular formula is C24H22Cl2N2O4. The highest BCUT2D eigenvalue weighted by Crippen LogP contribution is 2.15. The van der Waals surface area contributed by atoms with E-state index in [1.165, 1.54) is 0 Å². The van der Waals surface area contributed by atoms with E-state index >= 15 is 0 Å². The lowest BCUT2D eigenvalue weighted by molar-refractivity contribution is -0.123. The van der Waals surface area contributed by atoms with Gasteiger partial charge in [0, 0.05) is 23.1 Å². The fraction of sp³-hybridized carbons (Fsp3) is 0.167. The third-order valence-corrected chi connectivity index (χ3v) is 4.92. The third kappa shape index (κ3) is 8.13. The Hall–Kier alpha value is -3.22. The highest BCUT2D eigenvalue weighted by molar-refractivity contribution is 6.30. The average molecular weight is 473 g/mol. The molecule has 8 heteroatoms. The van der Waals surface area contributed by atoms with Crippen LogP contribution in [-0.4, -0.2) is 18.6 Å². The molecular weight excluding hydrogens is 451 g/mol. The first-order chi connectivity index (χ1) is 15.5. The highest BCUT2D eigenvalue weighted by Gasteiger charge is 2.05. The van der Waals surface area contributed by atoms with Gasteiger partial charge in [-0.05, 0) is 53.1 Å². The molecule has 0 aliphatic carbocycles. The van der Waals surface area contributed by atoms with Crippen LogP contribution in [0.1, 0.15) is 16.7 Å². The molecule has 2 amide bonds. The van der Waals surface area contributed by atoms with Gasteiger partial charge in [-0.3, -0.25) is 4.79 Å². The van der Waals surface area contributed by atoms with E-state index in [4.69, 9.17) is 32.7 Å². The monoisotopic (exact) mass is 472 g/mol. The predicted octanol–water partition coefficient (Wildman–Crippen LogP) is 5.12. The summed E-state index contributed by atoms with van der Waals surface area (Å²) in [5.41, 5.74) is 2.70. The lowest BCUT2D eigenvalue weighted by atomic mass is 10.1. The maximum atomic E-state index is 12.0. The van der Waals surface area contributed by atoms with Crippen molar-refractivity contribution in [2.75, 3.05) is 6.61 Å². The second-order valence-electron chi connectivity index (χ2n) is 6.89. The van der Waals surface area contributed by atoms with Crippen molar-refractivity contribution in [2.24, 2.45) is 0 Å². The van der Waals surface area contributed by atoms with Crippen LogP contribution in [-0.2, 0) is 29.2 Å². The van der Waals surface area contributed by atoms with Crippen LogP contribution in [0.25, 0.3) is 0 Å². The van der Waals surface area contributed by atoms with E-state index in [1.54, 1.807) is 48.5 Å². The summed E-state index contributed by atoms with van der Waals surface area (Å²) in [5.74, 6) is 0.349.